The third-order valence-corrected chi connectivity index (χ3v) is 21.7. The van der Waals surface area contributed by atoms with Crippen molar-refractivity contribution in [2.75, 3.05) is 9.80 Å². The molecule has 2 nitrogen and oxygen atoms in total. The van der Waals surface area contributed by atoms with Crippen LogP contribution < -0.4 is 9.80 Å². The lowest BCUT2D eigenvalue weighted by Crippen LogP contribution is -2.59. The highest BCUT2D eigenvalue weighted by atomic mass is 15.3. The minimum Gasteiger partial charge on any atom is -0.334 e. The Morgan fingerprint density at radius 1 is 0.305 bits per heavy atom. The Labute approximate surface area is 485 Å². The van der Waals surface area contributed by atoms with Gasteiger partial charge < -0.3 is 9.80 Å². The minimum atomic E-state index is -0.0614. The first kappa shape index (κ1) is 50.5. The molecule has 0 N–H and O–H groups in total. The molecule has 4 aliphatic rings. The van der Waals surface area contributed by atoms with E-state index in [4.69, 9.17) is 0 Å². The van der Waals surface area contributed by atoms with Crippen LogP contribution >= 0.6 is 0 Å². The molecule has 6 atom stereocenters. The highest BCUT2D eigenvalue weighted by Crippen LogP contribution is 2.65. The van der Waals surface area contributed by atoms with E-state index in [0.29, 0.717) is 11.8 Å². The number of fused-ring (bicyclic) bond motifs is 8. The lowest BCUT2D eigenvalue weighted by atomic mass is 9.57. The van der Waals surface area contributed by atoms with Crippen molar-refractivity contribution in [1.82, 2.24) is 0 Å². The Bertz CT molecular complexity index is 3970. The van der Waals surface area contributed by atoms with Crippen LogP contribution in [0.15, 0.2) is 243 Å². The molecule has 0 spiro atoms. The van der Waals surface area contributed by atoms with Gasteiger partial charge >= 0.3 is 0 Å². The summed E-state index contributed by atoms with van der Waals surface area (Å²) in [6.07, 6.45) is 7.30. The number of hydrogen-bond donors (Lipinski definition) is 0. The van der Waals surface area contributed by atoms with Crippen LogP contribution in [0.1, 0.15) is 91.2 Å². The van der Waals surface area contributed by atoms with Crippen molar-refractivity contribution in [2.24, 2.45) is 11.8 Å². The summed E-state index contributed by atoms with van der Waals surface area (Å²) < 4.78 is 0. The van der Waals surface area contributed by atoms with Crippen LogP contribution in [0, 0.1) is 11.8 Å². The fraction of sp³-hybridized carbons (Fsp3) is 0.225. The third kappa shape index (κ3) is 7.39. The SMILES string of the molecule is CC1CCCC2(C)c3cc(-c4ccc5c(-c6ccc(-c7ccccc7)cc6)c6cc(-c7ccc8c(c7)C7(C)CCCC(C)C7(C)N8c7ccccc7)ccc6c(-c6ccc(-c7ccccc7)cc6)c5c4)ccc3N(c3ccccc3)C12C. The molecule has 2 saturated carbocycles. The minimum absolute atomic E-state index is 0.0202. The van der Waals surface area contributed by atoms with Gasteiger partial charge in [-0.3, -0.25) is 0 Å². The van der Waals surface area contributed by atoms with Crippen LogP contribution in [-0.2, 0) is 10.8 Å². The molecule has 2 aliphatic carbocycles. The number of para-hydroxylation sites is 2. The first-order chi connectivity index (χ1) is 40.0. The molecule has 2 heterocycles. The predicted octanol–water partition coefficient (Wildman–Crippen LogP) is 22.0. The molecule has 0 radical (unpaired) electrons. The molecule has 0 bridgehead atoms. The van der Waals surface area contributed by atoms with E-state index in [-0.39, 0.29) is 21.9 Å². The second kappa shape index (κ2) is 19.1. The molecule has 0 saturated heterocycles. The van der Waals surface area contributed by atoms with Gasteiger partial charge in [-0.05, 0) is 211 Å². The molecule has 15 rings (SSSR count). The monoisotopic (exact) mass is 1060 g/mol. The largest absolute Gasteiger partial charge is 0.334 e. The summed E-state index contributed by atoms with van der Waals surface area (Å²) >= 11 is 0. The Morgan fingerprint density at radius 3 is 0.988 bits per heavy atom. The van der Waals surface area contributed by atoms with Crippen LogP contribution in [-0.4, -0.2) is 11.1 Å². The van der Waals surface area contributed by atoms with E-state index >= 15 is 0 Å². The van der Waals surface area contributed by atoms with Crippen molar-refractivity contribution in [2.45, 2.75) is 102 Å². The molecule has 0 aromatic heterocycles. The summed E-state index contributed by atoms with van der Waals surface area (Å²) in [6.45, 7) is 15.2. The van der Waals surface area contributed by atoms with Crippen LogP contribution in [0.5, 0.6) is 0 Å². The average Bonchev–Trinajstić information content (AvgIpc) is 1.91. The molecule has 11 aromatic carbocycles. The predicted molar refractivity (Wildman–Crippen MR) is 349 cm³/mol. The summed E-state index contributed by atoms with van der Waals surface area (Å²) in [7, 11) is 0. The van der Waals surface area contributed by atoms with E-state index in [2.05, 4.69) is 294 Å². The molecule has 2 fully saturated rings. The summed E-state index contributed by atoms with van der Waals surface area (Å²) in [5, 5.41) is 5.04. The average molecular weight is 1060 g/mol. The maximum Gasteiger partial charge on any atom is 0.0543 e. The number of hydrogen-bond acceptors (Lipinski definition) is 2. The molecule has 0 amide bonds. The zero-order chi connectivity index (χ0) is 55.5. The van der Waals surface area contributed by atoms with Crippen LogP contribution in [0.3, 0.4) is 0 Å². The van der Waals surface area contributed by atoms with Gasteiger partial charge in [-0.1, -0.05) is 223 Å². The number of rotatable bonds is 8. The van der Waals surface area contributed by atoms with Crippen LogP contribution in [0.25, 0.3) is 88.3 Å². The molecule has 82 heavy (non-hydrogen) atoms. The van der Waals surface area contributed by atoms with Gasteiger partial charge in [-0.15, -0.1) is 0 Å². The number of benzene rings is 11. The second-order valence-corrected chi connectivity index (χ2v) is 25.5. The van der Waals surface area contributed by atoms with E-state index in [0.717, 1.165) is 0 Å². The lowest BCUT2D eigenvalue weighted by Gasteiger charge is -2.54. The van der Waals surface area contributed by atoms with Crippen LogP contribution in [0.4, 0.5) is 22.7 Å². The van der Waals surface area contributed by atoms with Crippen molar-refractivity contribution in [3.63, 3.8) is 0 Å². The number of anilines is 4. The normalized spacial score (nSPS) is 23.6. The molecule has 6 unspecified atom stereocenters. The van der Waals surface area contributed by atoms with Gasteiger partial charge in [0.1, 0.15) is 0 Å². The standard InChI is InChI=1S/C80H72N2/c1-53-21-19-47-77(3)71-51-63(41-45-73(71)81(79(53,77)5)65-27-15-9-16-28-65)61-39-43-67-69(49-61)75(59-35-31-57(32-36-59)55-23-11-7-12-24-55)68-44-40-62(50-70(68)76(67)60-37-33-58(34-38-60)56-25-13-8-14-26-56)64-42-46-74-72(52-64)78(4)48-20-22-54(2)80(78,6)82(74)66-29-17-10-18-30-66/h7-18,23-46,49-54H,19-22,47-48H2,1-6H3. The van der Waals surface area contributed by atoms with Gasteiger partial charge in [-0.2, -0.15) is 0 Å². The molecular formula is C80H72N2. The summed E-state index contributed by atoms with van der Waals surface area (Å²) in [6, 6.07) is 92.4. The topological polar surface area (TPSA) is 6.48 Å². The van der Waals surface area contributed by atoms with E-state index in [9.17, 15) is 0 Å². The van der Waals surface area contributed by atoms with E-state index in [1.807, 2.05) is 0 Å². The lowest BCUT2D eigenvalue weighted by molar-refractivity contribution is 0.130. The van der Waals surface area contributed by atoms with Crippen molar-refractivity contribution in [1.29, 1.82) is 0 Å². The van der Waals surface area contributed by atoms with Gasteiger partial charge in [0.25, 0.3) is 0 Å². The van der Waals surface area contributed by atoms with E-state index in [1.165, 1.54) is 161 Å². The Morgan fingerprint density at radius 2 is 0.610 bits per heavy atom. The highest BCUT2D eigenvalue weighted by Gasteiger charge is 2.62. The van der Waals surface area contributed by atoms with Crippen molar-refractivity contribution in [3.8, 4) is 66.8 Å². The smallest absolute Gasteiger partial charge is 0.0543 e. The second-order valence-electron chi connectivity index (χ2n) is 25.5. The first-order valence-corrected chi connectivity index (χ1v) is 30.3. The van der Waals surface area contributed by atoms with Crippen molar-refractivity contribution in [3.05, 3.63) is 254 Å². The molecular weight excluding hydrogens is 989 g/mol. The summed E-state index contributed by atoms with van der Waals surface area (Å²) in [4.78, 5) is 5.41. The molecule has 2 heteroatoms. The quantitative estimate of drug-likeness (QED) is 0.140. The van der Waals surface area contributed by atoms with E-state index < -0.39 is 0 Å². The van der Waals surface area contributed by atoms with Crippen molar-refractivity contribution >= 4 is 44.3 Å². The van der Waals surface area contributed by atoms with Gasteiger partial charge in [0.05, 0.1) is 11.1 Å². The number of nitrogens with zero attached hydrogens (tertiary/aromatic N) is 2. The molecule has 2 aliphatic heterocycles. The fourth-order valence-corrected chi connectivity index (χ4v) is 16.7. The summed E-state index contributed by atoms with van der Waals surface area (Å²) in [5.41, 5.74) is 22.9. The van der Waals surface area contributed by atoms with Gasteiger partial charge in [0, 0.05) is 33.6 Å². The van der Waals surface area contributed by atoms with Crippen molar-refractivity contribution < 1.29 is 0 Å². The summed E-state index contributed by atoms with van der Waals surface area (Å²) in [5.74, 6) is 1.06. The van der Waals surface area contributed by atoms with Crippen LogP contribution in [0.2, 0.25) is 0 Å². The molecule has 11 aromatic rings. The maximum absolute atomic E-state index is 2.71. The fourth-order valence-electron chi connectivity index (χ4n) is 16.7. The highest BCUT2D eigenvalue weighted by molar-refractivity contribution is 6.22. The Kier molecular flexibility index (Phi) is 11.7. The Hall–Kier alpha value is -8.46. The van der Waals surface area contributed by atoms with Gasteiger partial charge in [0.15, 0.2) is 0 Å². The zero-order valence-electron chi connectivity index (χ0n) is 48.4. The van der Waals surface area contributed by atoms with E-state index in [1.54, 1.807) is 0 Å². The molecule has 402 valence electrons. The van der Waals surface area contributed by atoms with Gasteiger partial charge in [-0.25, -0.2) is 0 Å². The maximum atomic E-state index is 2.71. The third-order valence-electron chi connectivity index (χ3n) is 21.7. The van der Waals surface area contributed by atoms with Gasteiger partial charge in [0.2, 0.25) is 0 Å². The zero-order valence-corrected chi connectivity index (χ0v) is 48.4. The Balaban J connectivity index is 0.957. The first-order valence-electron chi connectivity index (χ1n) is 30.3.